The van der Waals surface area contributed by atoms with Crippen molar-refractivity contribution >= 4 is 49.2 Å². The van der Waals surface area contributed by atoms with Crippen LogP contribution >= 0.6 is 15.9 Å². The number of fused-ring (bicyclic) bond motifs is 1. The Hall–Kier alpha value is -3.17. The number of sulfonamides is 1. The molecule has 164 valence electrons. The number of halogens is 1. The lowest BCUT2D eigenvalue weighted by Gasteiger charge is -2.17. The van der Waals surface area contributed by atoms with E-state index in [1.807, 2.05) is 24.3 Å². The molecule has 9 heteroatoms. The van der Waals surface area contributed by atoms with Crippen molar-refractivity contribution in [2.75, 3.05) is 22.8 Å². The molecule has 1 aliphatic rings. The summed E-state index contributed by atoms with van der Waals surface area (Å²) in [7, 11) is -3.76. The molecule has 0 aromatic heterocycles. The van der Waals surface area contributed by atoms with Gasteiger partial charge in [0.25, 0.3) is 15.9 Å². The molecule has 7 nitrogen and oxygen atoms in total. The molecule has 1 heterocycles. The summed E-state index contributed by atoms with van der Waals surface area (Å²) in [5, 5.41) is 0. The lowest BCUT2D eigenvalue weighted by atomic mass is 10.2. The number of amides is 1. The van der Waals surface area contributed by atoms with Crippen molar-refractivity contribution in [1.29, 1.82) is 0 Å². The van der Waals surface area contributed by atoms with E-state index in [-0.39, 0.29) is 23.0 Å². The third kappa shape index (κ3) is 4.84. The molecule has 3 aromatic carbocycles. The maximum atomic E-state index is 12.5. The first-order chi connectivity index (χ1) is 15.3. The molecule has 4 rings (SSSR count). The number of nitrogens with one attached hydrogen (secondary N) is 1. The molecule has 1 aliphatic heterocycles. The van der Waals surface area contributed by atoms with Gasteiger partial charge in [-0.15, -0.1) is 0 Å². The van der Waals surface area contributed by atoms with Crippen LogP contribution in [0.5, 0.6) is 0 Å². The third-order valence-electron chi connectivity index (χ3n) is 5.01. The highest BCUT2D eigenvalue weighted by Crippen LogP contribution is 2.27. The van der Waals surface area contributed by atoms with Crippen molar-refractivity contribution in [3.05, 3.63) is 88.4 Å². The number of carbonyl (C=O) groups excluding carboxylic acids is 2. The molecule has 0 radical (unpaired) electrons. The quantitative estimate of drug-likeness (QED) is 0.502. The van der Waals surface area contributed by atoms with E-state index in [0.717, 1.165) is 22.1 Å². The zero-order valence-corrected chi connectivity index (χ0v) is 19.2. The predicted molar refractivity (Wildman–Crippen MR) is 124 cm³/mol. The molecule has 1 N–H and O–H groups in total. The second kappa shape index (κ2) is 9.13. The van der Waals surface area contributed by atoms with Crippen LogP contribution in [0.2, 0.25) is 0 Å². The average Bonchev–Trinajstić information content (AvgIpc) is 3.22. The zero-order chi connectivity index (χ0) is 22.7. The lowest BCUT2D eigenvalue weighted by Crippen LogP contribution is -2.33. The van der Waals surface area contributed by atoms with Crippen molar-refractivity contribution in [1.82, 2.24) is 0 Å². The van der Waals surface area contributed by atoms with Crippen LogP contribution in [-0.2, 0) is 26.0 Å². The maximum Gasteiger partial charge on any atom is 0.338 e. The van der Waals surface area contributed by atoms with Crippen LogP contribution in [0, 0.1) is 0 Å². The van der Waals surface area contributed by atoms with Gasteiger partial charge >= 0.3 is 5.97 Å². The molecule has 3 aromatic rings. The molecular formula is C23H19BrN2O5S. The largest absolute Gasteiger partial charge is 0.452 e. The van der Waals surface area contributed by atoms with Crippen LogP contribution in [0.4, 0.5) is 11.4 Å². The zero-order valence-electron chi connectivity index (χ0n) is 16.8. The van der Waals surface area contributed by atoms with Crippen LogP contribution in [0.3, 0.4) is 0 Å². The summed E-state index contributed by atoms with van der Waals surface area (Å²) in [6.45, 7) is 0.189. The molecule has 0 aliphatic carbocycles. The first-order valence-corrected chi connectivity index (χ1v) is 12.0. The van der Waals surface area contributed by atoms with Gasteiger partial charge in [0.15, 0.2) is 6.61 Å². The van der Waals surface area contributed by atoms with Gasteiger partial charge in [-0.25, -0.2) is 13.2 Å². The van der Waals surface area contributed by atoms with Gasteiger partial charge in [0.2, 0.25) is 0 Å². The van der Waals surface area contributed by atoms with Crippen molar-refractivity contribution in [3.63, 3.8) is 0 Å². The summed E-state index contributed by atoms with van der Waals surface area (Å²) in [5.41, 5.74) is 2.45. The second-order valence-corrected chi connectivity index (χ2v) is 9.74. The lowest BCUT2D eigenvalue weighted by molar-refractivity contribution is -0.121. The molecule has 1 amide bonds. The number of esters is 1. The van der Waals surface area contributed by atoms with Crippen LogP contribution in [0.25, 0.3) is 0 Å². The Kier molecular flexibility index (Phi) is 6.29. The Bertz CT molecular complexity index is 1260. The molecular weight excluding hydrogens is 496 g/mol. The highest BCUT2D eigenvalue weighted by molar-refractivity contribution is 9.10. The molecule has 0 unspecified atom stereocenters. The minimum absolute atomic E-state index is 0.117. The molecule has 0 bridgehead atoms. The number of nitrogens with zero attached hydrogens (tertiary/aromatic N) is 1. The maximum absolute atomic E-state index is 12.5. The van der Waals surface area contributed by atoms with E-state index in [9.17, 15) is 18.0 Å². The Labute approximate surface area is 194 Å². The van der Waals surface area contributed by atoms with Gasteiger partial charge in [-0.2, -0.15) is 0 Å². The minimum atomic E-state index is -3.76. The number of ether oxygens (including phenoxy) is 1. The molecule has 0 saturated carbocycles. The Morgan fingerprint density at radius 2 is 1.66 bits per heavy atom. The van der Waals surface area contributed by atoms with Gasteiger partial charge < -0.3 is 9.64 Å². The fourth-order valence-electron chi connectivity index (χ4n) is 3.39. The first kappa shape index (κ1) is 22.0. The van der Waals surface area contributed by atoms with Crippen LogP contribution < -0.4 is 9.62 Å². The van der Waals surface area contributed by atoms with E-state index in [0.29, 0.717) is 12.2 Å². The number of hydrogen-bond donors (Lipinski definition) is 1. The molecule has 0 saturated heterocycles. The van der Waals surface area contributed by atoms with Crippen molar-refractivity contribution < 1.29 is 22.7 Å². The van der Waals surface area contributed by atoms with E-state index in [4.69, 9.17) is 4.74 Å². The fraction of sp³-hybridized carbons (Fsp3) is 0.130. The van der Waals surface area contributed by atoms with Gasteiger partial charge in [0, 0.05) is 22.4 Å². The Morgan fingerprint density at radius 1 is 0.969 bits per heavy atom. The first-order valence-electron chi connectivity index (χ1n) is 9.77. The molecule has 32 heavy (non-hydrogen) atoms. The van der Waals surface area contributed by atoms with E-state index in [2.05, 4.69) is 20.7 Å². The number of para-hydroxylation sites is 1. The predicted octanol–water partition coefficient (Wildman–Crippen LogP) is 4.00. The summed E-state index contributed by atoms with van der Waals surface area (Å²) >= 11 is 3.27. The fourth-order valence-corrected chi connectivity index (χ4v) is 4.71. The standard InChI is InChI=1S/C23H19BrN2O5S/c24-18-7-11-20(12-8-18)32(29,30)25-19-9-5-17(6-10-19)23(28)31-15-22(27)26-14-13-16-3-1-2-4-21(16)26/h1-12,25H,13-15H2. The highest BCUT2D eigenvalue weighted by atomic mass is 79.9. The van der Waals surface area contributed by atoms with E-state index in [1.54, 1.807) is 17.0 Å². The number of carbonyl (C=O) groups is 2. The van der Waals surface area contributed by atoms with Gasteiger partial charge in [0.05, 0.1) is 10.5 Å². The van der Waals surface area contributed by atoms with Gasteiger partial charge in [-0.1, -0.05) is 34.1 Å². The highest BCUT2D eigenvalue weighted by Gasteiger charge is 2.25. The van der Waals surface area contributed by atoms with Crippen LogP contribution in [0.1, 0.15) is 15.9 Å². The summed E-state index contributed by atoms with van der Waals surface area (Å²) in [4.78, 5) is 26.5. The van der Waals surface area contributed by atoms with Crippen molar-refractivity contribution in [2.45, 2.75) is 11.3 Å². The Balaban J connectivity index is 1.35. The monoisotopic (exact) mass is 514 g/mol. The molecule has 0 atom stereocenters. The van der Waals surface area contributed by atoms with E-state index < -0.39 is 16.0 Å². The summed E-state index contributed by atoms with van der Waals surface area (Å²) in [6, 6.07) is 19.7. The number of rotatable bonds is 6. The van der Waals surface area contributed by atoms with E-state index >= 15 is 0 Å². The van der Waals surface area contributed by atoms with Crippen molar-refractivity contribution in [2.24, 2.45) is 0 Å². The van der Waals surface area contributed by atoms with Crippen LogP contribution in [-0.4, -0.2) is 33.4 Å². The minimum Gasteiger partial charge on any atom is -0.452 e. The van der Waals surface area contributed by atoms with E-state index in [1.165, 1.54) is 36.4 Å². The van der Waals surface area contributed by atoms with Crippen LogP contribution in [0.15, 0.2) is 82.2 Å². The topological polar surface area (TPSA) is 92.8 Å². The third-order valence-corrected chi connectivity index (χ3v) is 6.94. The summed E-state index contributed by atoms with van der Waals surface area (Å²) < 4.78 is 33.3. The molecule has 0 spiro atoms. The smallest absolute Gasteiger partial charge is 0.338 e. The SMILES string of the molecule is O=C(OCC(=O)N1CCc2ccccc21)c1ccc(NS(=O)(=O)c2ccc(Br)cc2)cc1. The normalized spacial score (nSPS) is 12.8. The second-order valence-electron chi connectivity index (χ2n) is 7.14. The van der Waals surface area contributed by atoms with Gasteiger partial charge in [-0.05, 0) is 66.6 Å². The number of hydrogen-bond acceptors (Lipinski definition) is 5. The van der Waals surface area contributed by atoms with Crippen molar-refractivity contribution in [3.8, 4) is 0 Å². The summed E-state index contributed by atoms with van der Waals surface area (Å²) in [5.74, 6) is -0.949. The number of benzene rings is 3. The van der Waals surface area contributed by atoms with Gasteiger partial charge in [0.1, 0.15) is 0 Å². The molecule has 0 fully saturated rings. The Morgan fingerprint density at radius 3 is 2.38 bits per heavy atom. The average molecular weight is 515 g/mol. The van der Waals surface area contributed by atoms with Gasteiger partial charge in [-0.3, -0.25) is 9.52 Å². The number of anilines is 2. The summed E-state index contributed by atoms with van der Waals surface area (Å²) in [6.07, 6.45) is 0.771.